The molecule has 0 aromatic carbocycles. The van der Waals surface area contributed by atoms with E-state index in [0.29, 0.717) is 24.4 Å². The summed E-state index contributed by atoms with van der Waals surface area (Å²) in [6, 6.07) is 1.38. The molecule has 2 amide bonds. The number of carboxylic acids is 1. The highest BCUT2D eigenvalue weighted by Gasteiger charge is 2.31. The van der Waals surface area contributed by atoms with Gasteiger partial charge in [0.25, 0.3) is 0 Å². The average Bonchev–Trinajstić information content (AvgIpc) is 2.72. The van der Waals surface area contributed by atoms with Crippen molar-refractivity contribution in [1.29, 1.82) is 0 Å². The smallest absolute Gasteiger partial charge is 0.371 e. The number of rotatable bonds is 3. The first kappa shape index (κ1) is 13.1. The minimum atomic E-state index is -1.16. The van der Waals surface area contributed by atoms with E-state index in [1.165, 1.54) is 15.9 Å². The normalized spacial score (nSPS) is 16.1. The van der Waals surface area contributed by atoms with Crippen LogP contribution in [0.2, 0.25) is 0 Å². The third-order valence-corrected chi connectivity index (χ3v) is 3.11. The van der Waals surface area contributed by atoms with Gasteiger partial charge < -0.3 is 19.3 Å². The fraction of sp³-hybridized carbons (Fsp3) is 0.417. The van der Waals surface area contributed by atoms with Gasteiger partial charge in [0.05, 0.1) is 0 Å². The second-order valence-electron chi connectivity index (χ2n) is 4.45. The van der Waals surface area contributed by atoms with Crippen LogP contribution in [0, 0.1) is 6.92 Å². The summed E-state index contributed by atoms with van der Waals surface area (Å²) in [4.78, 5) is 36.9. The van der Waals surface area contributed by atoms with E-state index in [4.69, 9.17) is 9.52 Å². The zero-order valence-electron chi connectivity index (χ0n) is 10.7. The monoisotopic (exact) mass is 266 g/mol. The van der Waals surface area contributed by atoms with E-state index in [9.17, 15) is 14.4 Å². The van der Waals surface area contributed by atoms with Crippen LogP contribution in [0.4, 0.5) is 0 Å². The molecule has 0 aliphatic carbocycles. The van der Waals surface area contributed by atoms with Gasteiger partial charge in [-0.25, -0.2) is 4.79 Å². The number of hydrogen-bond acceptors (Lipinski definition) is 4. The molecule has 1 aromatic heterocycles. The maximum atomic E-state index is 11.8. The summed E-state index contributed by atoms with van der Waals surface area (Å²) in [5.41, 5.74) is 0.600. The zero-order valence-corrected chi connectivity index (χ0v) is 10.7. The van der Waals surface area contributed by atoms with Gasteiger partial charge in [-0.1, -0.05) is 0 Å². The van der Waals surface area contributed by atoms with E-state index in [2.05, 4.69) is 0 Å². The van der Waals surface area contributed by atoms with Crippen molar-refractivity contribution in [2.45, 2.75) is 13.5 Å². The average molecular weight is 266 g/mol. The number of carbonyl (C=O) groups is 3. The molecule has 1 aliphatic rings. The number of hydrogen-bond donors (Lipinski definition) is 1. The molecule has 0 bridgehead atoms. The fourth-order valence-corrected chi connectivity index (χ4v) is 1.91. The number of nitrogens with zero attached hydrogens (tertiary/aromatic N) is 2. The van der Waals surface area contributed by atoms with Crippen molar-refractivity contribution in [2.24, 2.45) is 0 Å². The molecular weight excluding hydrogens is 252 g/mol. The topological polar surface area (TPSA) is 91.1 Å². The van der Waals surface area contributed by atoms with E-state index in [1.54, 1.807) is 14.0 Å². The molecule has 2 rings (SSSR count). The number of carbonyl (C=O) groups excluding carboxylic acids is 2. The second-order valence-corrected chi connectivity index (χ2v) is 4.45. The summed E-state index contributed by atoms with van der Waals surface area (Å²) >= 11 is 0. The van der Waals surface area contributed by atoms with Crippen LogP contribution in [-0.2, 0) is 16.1 Å². The predicted molar refractivity (Wildman–Crippen MR) is 63.5 cm³/mol. The summed E-state index contributed by atoms with van der Waals surface area (Å²) in [7, 11) is 1.57. The maximum Gasteiger partial charge on any atom is 0.371 e. The van der Waals surface area contributed by atoms with Gasteiger partial charge in [-0.05, 0) is 13.0 Å². The number of furan rings is 1. The Labute approximate surface area is 109 Å². The highest BCUT2D eigenvalue weighted by atomic mass is 16.4. The van der Waals surface area contributed by atoms with Crippen LogP contribution >= 0.6 is 0 Å². The molecule has 1 N–H and O–H groups in total. The molecule has 1 fully saturated rings. The number of aromatic carboxylic acids is 1. The van der Waals surface area contributed by atoms with Gasteiger partial charge in [-0.2, -0.15) is 0 Å². The molecule has 102 valence electrons. The van der Waals surface area contributed by atoms with E-state index >= 15 is 0 Å². The van der Waals surface area contributed by atoms with E-state index in [1.807, 2.05) is 0 Å². The van der Waals surface area contributed by atoms with Gasteiger partial charge >= 0.3 is 17.8 Å². The van der Waals surface area contributed by atoms with Crippen molar-refractivity contribution in [3.63, 3.8) is 0 Å². The molecule has 7 nitrogen and oxygen atoms in total. The van der Waals surface area contributed by atoms with Crippen molar-refractivity contribution in [2.75, 3.05) is 20.1 Å². The van der Waals surface area contributed by atoms with E-state index < -0.39 is 17.8 Å². The van der Waals surface area contributed by atoms with Crippen LogP contribution < -0.4 is 0 Å². The lowest BCUT2D eigenvalue weighted by Gasteiger charge is -2.31. The number of amides is 2. The first-order chi connectivity index (χ1) is 8.90. The molecule has 0 saturated carbocycles. The summed E-state index contributed by atoms with van der Waals surface area (Å²) < 4.78 is 5.07. The highest BCUT2D eigenvalue weighted by Crippen LogP contribution is 2.18. The number of likely N-dealkylation sites (N-methyl/N-ethyl adjacent to an activating group) is 1. The summed E-state index contributed by atoms with van der Waals surface area (Å²) in [6.45, 7) is 2.70. The van der Waals surface area contributed by atoms with Gasteiger partial charge in [-0.15, -0.1) is 0 Å². The molecule has 1 aromatic rings. The Morgan fingerprint density at radius 2 is 2.05 bits per heavy atom. The molecule has 2 heterocycles. The van der Waals surface area contributed by atoms with Crippen molar-refractivity contribution in [3.8, 4) is 0 Å². The minimum absolute atomic E-state index is 0.166. The highest BCUT2D eigenvalue weighted by molar-refractivity contribution is 6.35. The van der Waals surface area contributed by atoms with E-state index in [-0.39, 0.29) is 12.3 Å². The largest absolute Gasteiger partial charge is 0.475 e. The number of piperazine rings is 1. The lowest BCUT2D eigenvalue weighted by atomic mass is 10.2. The van der Waals surface area contributed by atoms with Crippen LogP contribution in [-0.4, -0.2) is 52.8 Å². The maximum absolute atomic E-state index is 11.8. The lowest BCUT2D eigenvalue weighted by Crippen LogP contribution is -2.52. The third-order valence-electron chi connectivity index (χ3n) is 3.11. The van der Waals surface area contributed by atoms with Crippen LogP contribution in [0.5, 0.6) is 0 Å². The molecule has 0 atom stereocenters. The first-order valence-corrected chi connectivity index (χ1v) is 5.77. The molecule has 19 heavy (non-hydrogen) atoms. The quantitative estimate of drug-likeness (QED) is 0.783. The molecule has 0 unspecified atom stereocenters. The van der Waals surface area contributed by atoms with Crippen LogP contribution in [0.3, 0.4) is 0 Å². The van der Waals surface area contributed by atoms with Gasteiger partial charge in [0.15, 0.2) is 0 Å². The minimum Gasteiger partial charge on any atom is -0.475 e. The third kappa shape index (κ3) is 2.44. The van der Waals surface area contributed by atoms with Crippen LogP contribution in [0.25, 0.3) is 0 Å². The van der Waals surface area contributed by atoms with Gasteiger partial charge in [0, 0.05) is 32.2 Å². The van der Waals surface area contributed by atoms with Crippen molar-refractivity contribution in [1.82, 2.24) is 9.80 Å². The van der Waals surface area contributed by atoms with Crippen molar-refractivity contribution in [3.05, 3.63) is 23.2 Å². The number of aryl methyl sites for hydroxylation is 1. The Morgan fingerprint density at radius 1 is 1.37 bits per heavy atom. The number of carboxylic acid groups (broad SMARTS) is 1. The summed E-state index contributed by atoms with van der Waals surface area (Å²) in [5.74, 6) is -2.01. The summed E-state index contributed by atoms with van der Waals surface area (Å²) in [5, 5.41) is 8.82. The van der Waals surface area contributed by atoms with Crippen molar-refractivity contribution >= 4 is 17.8 Å². The van der Waals surface area contributed by atoms with Gasteiger partial charge in [-0.3, -0.25) is 9.59 Å². The lowest BCUT2D eigenvalue weighted by molar-refractivity contribution is -0.155. The molecule has 7 heteroatoms. The van der Waals surface area contributed by atoms with Crippen LogP contribution in [0.1, 0.15) is 21.9 Å². The van der Waals surface area contributed by atoms with Gasteiger partial charge in [0.1, 0.15) is 5.76 Å². The Balaban J connectivity index is 2.15. The van der Waals surface area contributed by atoms with E-state index in [0.717, 1.165) is 0 Å². The zero-order chi connectivity index (χ0) is 14.2. The molecule has 1 aliphatic heterocycles. The van der Waals surface area contributed by atoms with Crippen LogP contribution in [0.15, 0.2) is 10.5 Å². The Hall–Kier alpha value is -2.31. The first-order valence-electron chi connectivity index (χ1n) is 5.77. The molecular formula is C12H14N2O5. The molecule has 0 spiro atoms. The molecule has 1 saturated heterocycles. The van der Waals surface area contributed by atoms with Crippen molar-refractivity contribution < 1.29 is 23.9 Å². The summed E-state index contributed by atoms with van der Waals surface area (Å²) in [6.07, 6.45) is 0. The predicted octanol–water partition coefficient (Wildman–Crippen LogP) is 0.0868. The fourth-order valence-electron chi connectivity index (χ4n) is 1.91. The van der Waals surface area contributed by atoms with Gasteiger partial charge in [0.2, 0.25) is 5.76 Å². The Bertz CT molecular complexity index is 548. The standard InChI is InChI=1S/C12H14N2O5/c1-7-8(5-9(19-7)12(17)18)6-14-4-3-13(2)10(15)11(14)16/h5H,3-4,6H2,1-2H3,(H,17,18). The molecule has 0 radical (unpaired) electrons. The Morgan fingerprint density at radius 3 is 2.63 bits per heavy atom. The SMILES string of the molecule is Cc1oc(C(=O)O)cc1CN1CCN(C)C(=O)C1=O. The second kappa shape index (κ2) is 4.75. The Kier molecular flexibility index (Phi) is 3.28.